The summed E-state index contributed by atoms with van der Waals surface area (Å²) < 4.78 is 5.58. The third kappa shape index (κ3) is 1.25. The molecule has 0 amide bonds. The molecule has 0 saturated carbocycles. The van der Waals surface area contributed by atoms with Crippen molar-refractivity contribution < 1.29 is 19.7 Å². The van der Waals surface area contributed by atoms with Crippen LogP contribution in [0.5, 0.6) is 17.2 Å². The Morgan fingerprint density at radius 2 is 1.45 bits per heavy atom. The van der Waals surface area contributed by atoms with Crippen LogP contribution in [0.2, 0.25) is 0 Å². The summed E-state index contributed by atoms with van der Waals surface area (Å²) in [7, 11) is 0. The quantitative estimate of drug-likeness (QED) is 0.422. The van der Waals surface area contributed by atoms with Crippen molar-refractivity contribution in [3.63, 3.8) is 0 Å². The number of benzene rings is 3. The fourth-order valence-corrected chi connectivity index (χ4v) is 2.64. The van der Waals surface area contributed by atoms with Gasteiger partial charge in [0, 0.05) is 22.2 Å². The Labute approximate surface area is 113 Å². The second-order valence-corrected chi connectivity index (χ2v) is 4.73. The van der Waals surface area contributed by atoms with E-state index in [1.807, 2.05) is 0 Å². The van der Waals surface area contributed by atoms with Crippen molar-refractivity contribution in [2.24, 2.45) is 0 Å². The van der Waals surface area contributed by atoms with Crippen LogP contribution in [0.15, 0.2) is 46.9 Å². The average Bonchev–Trinajstić information content (AvgIpc) is 2.83. The molecule has 1 aromatic heterocycles. The number of phenols is 3. The van der Waals surface area contributed by atoms with E-state index in [-0.39, 0.29) is 22.8 Å². The minimum Gasteiger partial charge on any atom is -0.508 e. The van der Waals surface area contributed by atoms with Gasteiger partial charge in [0.25, 0.3) is 0 Å². The molecule has 4 nitrogen and oxygen atoms in total. The van der Waals surface area contributed by atoms with Gasteiger partial charge in [0.05, 0.1) is 5.39 Å². The summed E-state index contributed by atoms with van der Waals surface area (Å²) in [6.45, 7) is 0. The van der Waals surface area contributed by atoms with Crippen LogP contribution in [-0.2, 0) is 0 Å². The number of hydrogen-bond acceptors (Lipinski definition) is 4. The van der Waals surface area contributed by atoms with Gasteiger partial charge in [-0.3, -0.25) is 0 Å². The van der Waals surface area contributed by atoms with Gasteiger partial charge in [-0.1, -0.05) is 24.3 Å². The highest BCUT2D eigenvalue weighted by Crippen LogP contribution is 2.46. The lowest BCUT2D eigenvalue weighted by Gasteiger charge is -2.05. The van der Waals surface area contributed by atoms with Gasteiger partial charge in [0.2, 0.25) is 0 Å². The lowest BCUT2D eigenvalue weighted by molar-refractivity contribution is 0.467. The lowest BCUT2D eigenvalue weighted by Crippen LogP contribution is -1.78. The summed E-state index contributed by atoms with van der Waals surface area (Å²) in [5, 5.41) is 32.5. The van der Waals surface area contributed by atoms with Gasteiger partial charge in [-0.25, -0.2) is 0 Å². The number of phenolic OH excluding ortho intramolecular Hbond substituents is 3. The molecule has 20 heavy (non-hydrogen) atoms. The predicted octanol–water partition coefficient (Wildman–Crippen LogP) is 3.86. The van der Waals surface area contributed by atoms with E-state index in [1.54, 1.807) is 30.3 Å². The lowest BCUT2D eigenvalue weighted by atomic mass is 10.0. The number of hydrogen-bond donors (Lipinski definition) is 3. The molecule has 0 aliphatic heterocycles. The predicted molar refractivity (Wildman–Crippen MR) is 76.2 cm³/mol. The Morgan fingerprint density at radius 3 is 2.20 bits per heavy atom. The Balaban J connectivity index is 2.35. The second kappa shape index (κ2) is 3.57. The zero-order chi connectivity index (χ0) is 13.9. The molecule has 0 fully saturated rings. The molecule has 0 bridgehead atoms. The molecule has 98 valence electrons. The number of aromatic hydroxyl groups is 3. The molecule has 0 atom stereocenters. The second-order valence-electron chi connectivity index (χ2n) is 4.73. The Morgan fingerprint density at radius 1 is 0.750 bits per heavy atom. The first-order chi connectivity index (χ1) is 9.66. The highest BCUT2D eigenvalue weighted by Gasteiger charge is 2.19. The maximum Gasteiger partial charge on any atom is 0.181 e. The first-order valence-electron chi connectivity index (χ1n) is 6.14. The van der Waals surface area contributed by atoms with Crippen LogP contribution in [0.4, 0.5) is 0 Å². The standard InChI is InChI=1S/C16H10O4/c17-8-5-6-11-12(7-8)20-16-13(11)14(18)9-3-1-2-4-10(9)15(16)19/h1-7,17-19H. The van der Waals surface area contributed by atoms with Gasteiger partial charge in [-0.05, 0) is 12.1 Å². The molecule has 0 aliphatic carbocycles. The van der Waals surface area contributed by atoms with Crippen LogP contribution in [0, 0.1) is 0 Å². The van der Waals surface area contributed by atoms with E-state index < -0.39 is 0 Å². The van der Waals surface area contributed by atoms with Gasteiger partial charge in [0.1, 0.15) is 17.1 Å². The summed E-state index contributed by atoms with van der Waals surface area (Å²) in [4.78, 5) is 0. The first-order valence-corrected chi connectivity index (χ1v) is 6.14. The van der Waals surface area contributed by atoms with Crippen LogP contribution in [-0.4, -0.2) is 15.3 Å². The van der Waals surface area contributed by atoms with E-state index >= 15 is 0 Å². The first kappa shape index (κ1) is 11.0. The monoisotopic (exact) mass is 266 g/mol. The van der Waals surface area contributed by atoms with Gasteiger partial charge in [-0.15, -0.1) is 0 Å². The maximum absolute atomic E-state index is 10.5. The van der Waals surface area contributed by atoms with Crippen molar-refractivity contribution in [2.45, 2.75) is 0 Å². The van der Waals surface area contributed by atoms with E-state index in [1.165, 1.54) is 12.1 Å². The van der Waals surface area contributed by atoms with Crippen LogP contribution >= 0.6 is 0 Å². The van der Waals surface area contributed by atoms with Crippen LogP contribution in [0.25, 0.3) is 32.7 Å². The molecule has 4 rings (SSSR count). The largest absolute Gasteiger partial charge is 0.508 e. The third-order valence-corrected chi connectivity index (χ3v) is 3.56. The zero-order valence-electron chi connectivity index (χ0n) is 10.3. The molecular weight excluding hydrogens is 256 g/mol. The minimum atomic E-state index is -0.0101. The van der Waals surface area contributed by atoms with Crippen molar-refractivity contribution in [2.75, 3.05) is 0 Å². The normalized spacial score (nSPS) is 11.6. The summed E-state index contributed by atoms with van der Waals surface area (Å²) in [6, 6.07) is 11.7. The van der Waals surface area contributed by atoms with Gasteiger partial charge in [-0.2, -0.15) is 0 Å². The Kier molecular flexibility index (Phi) is 1.96. The summed E-state index contributed by atoms with van der Waals surface area (Å²) in [5.41, 5.74) is 0.641. The van der Waals surface area contributed by atoms with Gasteiger partial charge in [0.15, 0.2) is 11.3 Å². The Hall–Kier alpha value is -2.88. The summed E-state index contributed by atoms with van der Waals surface area (Å²) in [6.07, 6.45) is 0. The molecule has 4 heteroatoms. The number of fused-ring (bicyclic) bond motifs is 4. The number of furan rings is 1. The molecule has 0 saturated heterocycles. The highest BCUT2D eigenvalue weighted by atomic mass is 16.4. The topological polar surface area (TPSA) is 73.8 Å². The summed E-state index contributed by atoms with van der Waals surface area (Å²) >= 11 is 0. The van der Waals surface area contributed by atoms with Crippen molar-refractivity contribution in [1.82, 2.24) is 0 Å². The smallest absolute Gasteiger partial charge is 0.181 e. The minimum absolute atomic E-state index is 0.0101. The molecule has 0 radical (unpaired) electrons. The highest BCUT2D eigenvalue weighted by molar-refractivity contribution is 6.18. The SMILES string of the molecule is Oc1ccc2c(c1)oc1c(O)c3ccccc3c(O)c12. The van der Waals surface area contributed by atoms with Crippen molar-refractivity contribution in [1.29, 1.82) is 0 Å². The molecule has 4 aromatic rings. The summed E-state index contributed by atoms with van der Waals surface area (Å²) in [5.74, 6) is 0.127. The van der Waals surface area contributed by atoms with Crippen molar-refractivity contribution in [3.8, 4) is 17.2 Å². The number of rotatable bonds is 0. The van der Waals surface area contributed by atoms with Crippen LogP contribution in [0.3, 0.4) is 0 Å². The van der Waals surface area contributed by atoms with E-state index in [9.17, 15) is 15.3 Å². The fraction of sp³-hybridized carbons (Fsp3) is 0. The van der Waals surface area contributed by atoms with Gasteiger partial charge < -0.3 is 19.7 Å². The fourth-order valence-electron chi connectivity index (χ4n) is 2.64. The molecular formula is C16H10O4. The van der Waals surface area contributed by atoms with Crippen LogP contribution in [0.1, 0.15) is 0 Å². The Bertz CT molecular complexity index is 982. The third-order valence-electron chi connectivity index (χ3n) is 3.56. The average molecular weight is 266 g/mol. The van der Waals surface area contributed by atoms with Crippen molar-refractivity contribution in [3.05, 3.63) is 42.5 Å². The molecule has 3 N–H and O–H groups in total. The van der Waals surface area contributed by atoms with Crippen LogP contribution < -0.4 is 0 Å². The van der Waals surface area contributed by atoms with Crippen molar-refractivity contribution >= 4 is 32.7 Å². The van der Waals surface area contributed by atoms with E-state index in [0.29, 0.717) is 27.1 Å². The maximum atomic E-state index is 10.5. The van der Waals surface area contributed by atoms with E-state index in [2.05, 4.69) is 0 Å². The molecule has 0 spiro atoms. The molecule has 0 unspecified atom stereocenters. The van der Waals surface area contributed by atoms with E-state index in [4.69, 9.17) is 4.42 Å². The van der Waals surface area contributed by atoms with Gasteiger partial charge >= 0.3 is 0 Å². The molecule has 1 heterocycles. The zero-order valence-corrected chi connectivity index (χ0v) is 10.3. The molecule has 3 aromatic carbocycles. The molecule has 0 aliphatic rings. The van der Waals surface area contributed by atoms with E-state index in [0.717, 1.165) is 0 Å².